The van der Waals surface area contributed by atoms with E-state index >= 15 is 0 Å². The van der Waals surface area contributed by atoms with Crippen LogP contribution in [-0.4, -0.2) is 19.7 Å². The molecule has 0 aliphatic rings. The van der Waals surface area contributed by atoms with Crippen molar-refractivity contribution in [2.75, 3.05) is 0 Å². The Hall–Kier alpha value is -1.30. The van der Waals surface area contributed by atoms with Crippen molar-refractivity contribution in [2.45, 2.75) is 11.8 Å². The Morgan fingerprint density at radius 1 is 1.40 bits per heavy atom. The van der Waals surface area contributed by atoms with Crippen LogP contribution < -0.4 is 0 Å². The van der Waals surface area contributed by atoms with Gasteiger partial charge in [-0.1, -0.05) is 15.9 Å². The van der Waals surface area contributed by atoms with Gasteiger partial charge in [-0.05, 0) is 19.1 Å². The summed E-state index contributed by atoms with van der Waals surface area (Å²) in [4.78, 5) is 8.08. The smallest absolute Gasteiger partial charge is 0.155 e. The summed E-state index contributed by atoms with van der Waals surface area (Å²) >= 11 is 3.40. The zero-order valence-electron chi connectivity index (χ0n) is 7.93. The van der Waals surface area contributed by atoms with Gasteiger partial charge in [0.15, 0.2) is 5.82 Å². The molecule has 1 unspecified atom stereocenters. The SMILES string of the molecule is CC(Br)c1ncnn1-c1ccc(F)cn1. The van der Waals surface area contributed by atoms with E-state index in [1.807, 2.05) is 6.92 Å². The highest BCUT2D eigenvalue weighted by Crippen LogP contribution is 2.20. The average molecular weight is 271 g/mol. The van der Waals surface area contributed by atoms with Crippen LogP contribution in [0.15, 0.2) is 24.7 Å². The molecule has 0 amide bonds. The van der Waals surface area contributed by atoms with Gasteiger partial charge in [0.05, 0.1) is 11.0 Å². The minimum absolute atomic E-state index is 0.0619. The second kappa shape index (κ2) is 4.06. The van der Waals surface area contributed by atoms with Crippen molar-refractivity contribution in [3.8, 4) is 5.82 Å². The van der Waals surface area contributed by atoms with E-state index in [9.17, 15) is 4.39 Å². The maximum absolute atomic E-state index is 12.7. The molecule has 0 fully saturated rings. The van der Waals surface area contributed by atoms with E-state index in [4.69, 9.17) is 0 Å². The van der Waals surface area contributed by atoms with Crippen LogP contribution in [0.25, 0.3) is 5.82 Å². The molecule has 0 bridgehead atoms. The standard InChI is InChI=1S/C9H8BrFN4/c1-6(10)9-13-5-14-15(9)8-3-2-7(11)4-12-8/h2-6H,1H3. The van der Waals surface area contributed by atoms with Crippen molar-refractivity contribution in [3.05, 3.63) is 36.3 Å². The lowest BCUT2D eigenvalue weighted by Crippen LogP contribution is -2.05. The highest BCUT2D eigenvalue weighted by atomic mass is 79.9. The predicted molar refractivity (Wildman–Crippen MR) is 56.5 cm³/mol. The molecular formula is C9H8BrFN4. The number of alkyl halides is 1. The van der Waals surface area contributed by atoms with Crippen LogP contribution in [0.5, 0.6) is 0 Å². The molecule has 0 radical (unpaired) electrons. The van der Waals surface area contributed by atoms with Crippen molar-refractivity contribution in [3.63, 3.8) is 0 Å². The maximum Gasteiger partial charge on any atom is 0.155 e. The Morgan fingerprint density at radius 2 is 2.20 bits per heavy atom. The summed E-state index contributed by atoms with van der Waals surface area (Å²) < 4.78 is 14.2. The number of nitrogens with zero attached hydrogens (tertiary/aromatic N) is 4. The van der Waals surface area contributed by atoms with Gasteiger partial charge in [0.1, 0.15) is 18.0 Å². The fourth-order valence-electron chi connectivity index (χ4n) is 1.19. The molecule has 6 heteroatoms. The van der Waals surface area contributed by atoms with Gasteiger partial charge in [0.2, 0.25) is 0 Å². The first kappa shape index (κ1) is 10.2. The molecular weight excluding hydrogens is 263 g/mol. The van der Waals surface area contributed by atoms with Crippen molar-refractivity contribution in [1.29, 1.82) is 0 Å². The largest absolute Gasteiger partial charge is 0.234 e. The number of halogens is 2. The van der Waals surface area contributed by atoms with Crippen LogP contribution in [0.1, 0.15) is 17.6 Å². The zero-order chi connectivity index (χ0) is 10.8. The average Bonchev–Trinajstić information content (AvgIpc) is 2.67. The molecule has 2 rings (SSSR count). The first-order valence-corrected chi connectivity index (χ1v) is 5.26. The summed E-state index contributed by atoms with van der Waals surface area (Å²) in [5, 5.41) is 4.03. The summed E-state index contributed by atoms with van der Waals surface area (Å²) in [7, 11) is 0. The highest BCUT2D eigenvalue weighted by molar-refractivity contribution is 9.09. The number of hydrogen-bond donors (Lipinski definition) is 0. The molecule has 0 aliphatic carbocycles. The third kappa shape index (κ3) is 2.04. The monoisotopic (exact) mass is 270 g/mol. The third-order valence-corrected chi connectivity index (χ3v) is 2.27. The fraction of sp³-hybridized carbons (Fsp3) is 0.222. The van der Waals surface area contributed by atoms with Crippen LogP contribution in [-0.2, 0) is 0 Å². The molecule has 2 aromatic rings. The number of rotatable bonds is 2. The fourth-order valence-corrected chi connectivity index (χ4v) is 1.50. The Morgan fingerprint density at radius 3 is 2.80 bits per heavy atom. The van der Waals surface area contributed by atoms with Gasteiger partial charge >= 0.3 is 0 Å². The van der Waals surface area contributed by atoms with Gasteiger partial charge in [0, 0.05) is 0 Å². The molecule has 0 aliphatic heterocycles. The Bertz CT molecular complexity index is 451. The zero-order valence-corrected chi connectivity index (χ0v) is 9.52. The van der Waals surface area contributed by atoms with Gasteiger partial charge in [-0.25, -0.2) is 14.4 Å². The predicted octanol–water partition coefficient (Wildman–Crippen LogP) is 2.26. The summed E-state index contributed by atoms with van der Waals surface area (Å²) in [6, 6.07) is 2.90. The minimum Gasteiger partial charge on any atom is -0.234 e. The second-order valence-electron chi connectivity index (χ2n) is 2.98. The second-order valence-corrected chi connectivity index (χ2v) is 4.35. The summed E-state index contributed by atoms with van der Waals surface area (Å²) in [6.45, 7) is 1.93. The van der Waals surface area contributed by atoms with E-state index in [1.54, 1.807) is 10.7 Å². The number of aromatic nitrogens is 4. The maximum atomic E-state index is 12.7. The number of pyridine rings is 1. The summed E-state index contributed by atoms with van der Waals surface area (Å²) in [5.74, 6) is 0.914. The van der Waals surface area contributed by atoms with Gasteiger partial charge in [-0.2, -0.15) is 9.78 Å². The highest BCUT2D eigenvalue weighted by Gasteiger charge is 2.11. The molecule has 0 N–H and O–H groups in total. The van der Waals surface area contributed by atoms with E-state index in [0.29, 0.717) is 5.82 Å². The Balaban J connectivity index is 2.45. The van der Waals surface area contributed by atoms with Gasteiger partial charge in [0.25, 0.3) is 0 Å². The van der Waals surface area contributed by atoms with Gasteiger partial charge in [-0.15, -0.1) is 0 Å². The molecule has 0 aromatic carbocycles. The van der Waals surface area contributed by atoms with Crippen LogP contribution in [0.4, 0.5) is 4.39 Å². The molecule has 4 nitrogen and oxygen atoms in total. The lowest BCUT2D eigenvalue weighted by atomic mass is 10.4. The quantitative estimate of drug-likeness (QED) is 0.787. The molecule has 15 heavy (non-hydrogen) atoms. The van der Waals surface area contributed by atoms with Crippen molar-refractivity contribution in [2.24, 2.45) is 0 Å². The van der Waals surface area contributed by atoms with E-state index in [-0.39, 0.29) is 10.6 Å². The first-order chi connectivity index (χ1) is 7.18. The minimum atomic E-state index is -0.368. The van der Waals surface area contributed by atoms with E-state index in [2.05, 4.69) is 31.0 Å². The molecule has 1 atom stereocenters. The summed E-state index contributed by atoms with van der Waals surface area (Å²) in [6.07, 6.45) is 2.60. The first-order valence-electron chi connectivity index (χ1n) is 4.34. The van der Waals surface area contributed by atoms with Crippen molar-refractivity contribution < 1.29 is 4.39 Å². The number of hydrogen-bond acceptors (Lipinski definition) is 3. The molecule has 78 valence electrons. The Labute approximate surface area is 94.3 Å². The summed E-state index contributed by atoms with van der Waals surface area (Å²) in [5.41, 5.74) is 0. The van der Waals surface area contributed by atoms with Crippen LogP contribution in [0.3, 0.4) is 0 Å². The van der Waals surface area contributed by atoms with Crippen molar-refractivity contribution in [1.82, 2.24) is 19.7 Å². The third-order valence-electron chi connectivity index (χ3n) is 1.86. The van der Waals surface area contributed by atoms with E-state index < -0.39 is 0 Å². The molecule has 0 saturated heterocycles. The normalized spacial score (nSPS) is 12.7. The lowest BCUT2D eigenvalue weighted by Gasteiger charge is -2.05. The van der Waals surface area contributed by atoms with Gasteiger partial charge in [-0.3, -0.25) is 0 Å². The molecule has 2 heterocycles. The van der Waals surface area contributed by atoms with E-state index in [0.717, 1.165) is 12.0 Å². The molecule has 0 saturated carbocycles. The van der Waals surface area contributed by atoms with Crippen LogP contribution in [0, 0.1) is 5.82 Å². The van der Waals surface area contributed by atoms with Crippen LogP contribution in [0.2, 0.25) is 0 Å². The van der Waals surface area contributed by atoms with Gasteiger partial charge < -0.3 is 0 Å². The molecule has 0 spiro atoms. The van der Waals surface area contributed by atoms with Crippen LogP contribution >= 0.6 is 15.9 Å². The van der Waals surface area contributed by atoms with E-state index in [1.165, 1.54) is 12.4 Å². The topological polar surface area (TPSA) is 43.6 Å². The lowest BCUT2D eigenvalue weighted by molar-refractivity contribution is 0.618. The van der Waals surface area contributed by atoms with Crippen molar-refractivity contribution >= 4 is 15.9 Å². The Kier molecular flexibility index (Phi) is 2.77. The molecule has 2 aromatic heterocycles.